The summed E-state index contributed by atoms with van der Waals surface area (Å²) in [5, 5.41) is 2.96. The van der Waals surface area contributed by atoms with Crippen LogP contribution in [0.1, 0.15) is 24.4 Å². The molecule has 2 aromatic carbocycles. The van der Waals surface area contributed by atoms with Gasteiger partial charge in [0.05, 0.1) is 13.2 Å². The van der Waals surface area contributed by atoms with Crippen molar-refractivity contribution in [2.45, 2.75) is 18.9 Å². The minimum Gasteiger partial charge on any atom is -0.497 e. The fourth-order valence-electron chi connectivity index (χ4n) is 3.28. The molecule has 0 aliphatic carbocycles. The van der Waals surface area contributed by atoms with Gasteiger partial charge in [-0.15, -0.1) is 12.4 Å². The quantitative estimate of drug-likeness (QED) is 0.725. The largest absolute Gasteiger partial charge is 0.497 e. The van der Waals surface area contributed by atoms with E-state index in [9.17, 15) is 9.18 Å². The van der Waals surface area contributed by atoms with Gasteiger partial charge in [0.1, 0.15) is 17.3 Å². The van der Waals surface area contributed by atoms with E-state index in [0.29, 0.717) is 12.3 Å². The van der Waals surface area contributed by atoms with Crippen LogP contribution in [0.15, 0.2) is 48.5 Å². The molecule has 2 aromatic rings. The first-order chi connectivity index (χ1) is 13.2. The zero-order chi connectivity index (χ0) is 19.1. The maximum Gasteiger partial charge on any atom is 0.258 e. The summed E-state index contributed by atoms with van der Waals surface area (Å²) < 4.78 is 23.5. The first-order valence-electron chi connectivity index (χ1n) is 9.19. The molecule has 152 valence electrons. The fraction of sp³-hybridized carbons (Fsp3) is 0.381. The van der Waals surface area contributed by atoms with Crippen LogP contribution in [0.3, 0.4) is 0 Å². The van der Waals surface area contributed by atoms with Gasteiger partial charge in [0, 0.05) is 6.54 Å². The van der Waals surface area contributed by atoms with Crippen LogP contribution < -0.4 is 14.8 Å². The highest BCUT2D eigenvalue weighted by molar-refractivity contribution is 5.85. The number of rotatable bonds is 8. The second-order valence-electron chi connectivity index (χ2n) is 6.58. The van der Waals surface area contributed by atoms with Crippen LogP contribution in [-0.2, 0) is 4.79 Å². The van der Waals surface area contributed by atoms with E-state index in [1.165, 1.54) is 37.1 Å². The Morgan fingerprint density at radius 1 is 1.07 bits per heavy atom. The van der Waals surface area contributed by atoms with Gasteiger partial charge in [-0.1, -0.05) is 12.1 Å². The molecule has 7 heteroatoms. The normalized spacial score (nSPS) is 14.8. The second-order valence-corrected chi connectivity index (χ2v) is 6.58. The maximum atomic E-state index is 12.9. The van der Waals surface area contributed by atoms with Crippen molar-refractivity contribution < 1.29 is 18.7 Å². The highest BCUT2D eigenvalue weighted by Gasteiger charge is 2.24. The number of likely N-dealkylation sites (tertiary alicyclic amines) is 1. The van der Waals surface area contributed by atoms with Crippen molar-refractivity contribution >= 4 is 18.3 Å². The Kier molecular flexibility index (Phi) is 8.54. The van der Waals surface area contributed by atoms with Crippen LogP contribution in [0, 0.1) is 5.82 Å². The Bertz CT molecular complexity index is 734. The van der Waals surface area contributed by atoms with E-state index in [2.05, 4.69) is 10.2 Å². The van der Waals surface area contributed by atoms with Crippen LogP contribution >= 0.6 is 12.4 Å². The average Bonchev–Trinajstić information content (AvgIpc) is 3.23. The van der Waals surface area contributed by atoms with Gasteiger partial charge in [0.15, 0.2) is 6.61 Å². The monoisotopic (exact) mass is 408 g/mol. The van der Waals surface area contributed by atoms with Crippen molar-refractivity contribution in [2.75, 3.05) is 33.4 Å². The van der Waals surface area contributed by atoms with Gasteiger partial charge in [0.2, 0.25) is 0 Å². The van der Waals surface area contributed by atoms with Gasteiger partial charge >= 0.3 is 0 Å². The fourth-order valence-corrected chi connectivity index (χ4v) is 3.28. The Morgan fingerprint density at radius 3 is 2.29 bits per heavy atom. The number of ether oxygens (including phenoxy) is 2. The lowest BCUT2D eigenvalue weighted by Crippen LogP contribution is -2.38. The van der Waals surface area contributed by atoms with E-state index < -0.39 is 0 Å². The molecular formula is C21H26ClFN2O3. The van der Waals surface area contributed by atoms with Crippen molar-refractivity contribution in [3.8, 4) is 11.5 Å². The van der Waals surface area contributed by atoms with Crippen LogP contribution in [0.4, 0.5) is 4.39 Å². The predicted octanol–water partition coefficient (Wildman–Crippen LogP) is 3.59. The van der Waals surface area contributed by atoms with Crippen LogP contribution in [-0.4, -0.2) is 44.2 Å². The van der Waals surface area contributed by atoms with Crippen LogP contribution in [0.2, 0.25) is 0 Å². The first kappa shape index (κ1) is 22.0. The third-order valence-electron chi connectivity index (χ3n) is 4.76. The minimum absolute atomic E-state index is 0. The van der Waals surface area contributed by atoms with Gasteiger partial charge in [-0.2, -0.15) is 0 Å². The summed E-state index contributed by atoms with van der Waals surface area (Å²) in [4.78, 5) is 14.6. The van der Waals surface area contributed by atoms with Crippen molar-refractivity contribution in [1.82, 2.24) is 10.2 Å². The summed E-state index contributed by atoms with van der Waals surface area (Å²) >= 11 is 0. The van der Waals surface area contributed by atoms with E-state index >= 15 is 0 Å². The topological polar surface area (TPSA) is 50.8 Å². The van der Waals surface area contributed by atoms with Crippen LogP contribution in [0.5, 0.6) is 11.5 Å². The maximum absolute atomic E-state index is 12.9. The zero-order valence-corrected chi connectivity index (χ0v) is 16.7. The summed E-state index contributed by atoms with van der Waals surface area (Å²) in [6, 6.07) is 13.7. The Hall–Kier alpha value is -2.31. The number of carbonyl (C=O) groups excluding carboxylic acids is 1. The highest BCUT2D eigenvalue weighted by Crippen LogP contribution is 2.26. The standard InChI is InChI=1S/C21H25FN2O3.ClH/c1-26-18-8-4-16(5-9-18)20(24-12-2-3-13-24)14-23-21(25)15-27-19-10-6-17(22)7-11-19;/h4-11,20H,2-3,12-15H2,1H3,(H,23,25);1H. The Balaban J connectivity index is 0.00000280. The van der Waals surface area contributed by atoms with Gasteiger partial charge in [-0.3, -0.25) is 9.69 Å². The molecule has 1 saturated heterocycles. The number of amides is 1. The summed E-state index contributed by atoms with van der Waals surface area (Å²) in [6.07, 6.45) is 2.35. The van der Waals surface area contributed by atoms with Crippen molar-refractivity contribution in [3.05, 3.63) is 59.9 Å². The van der Waals surface area contributed by atoms with Crippen molar-refractivity contribution in [2.24, 2.45) is 0 Å². The lowest BCUT2D eigenvalue weighted by Gasteiger charge is -2.28. The molecule has 1 N–H and O–H groups in total. The van der Waals surface area contributed by atoms with Gasteiger partial charge in [0.25, 0.3) is 5.91 Å². The summed E-state index contributed by atoms with van der Waals surface area (Å²) in [7, 11) is 1.65. The van der Waals surface area contributed by atoms with Gasteiger partial charge in [-0.05, 0) is 67.9 Å². The molecule has 5 nitrogen and oxygen atoms in total. The number of methoxy groups -OCH3 is 1. The third-order valence-corrected chi connectivity index (χ3v) is 4.76. The van der Waals surface area contributed by atoms with Crippen molar-refractivity contribution in [3.63, 3.8) is 0 Å². The molecule has 28 heavy (non-hydrogen) atoms. The number of halogens is 2. The summed E-state index contributed by atoms with van der Waals surface area (Å²) in [6.45, 7) is 2.47. The lowest BCUT2D eigenvalue weighted by molar-refractivity contribution is -0.123. The Labute approximate surface area is 171 Å². The number of carbonyl (C=O) groups is 1. The predicted molar refractivity (Wildman–Crippen MR) is 109 cm³/mol. The number of benzene rings is 2. The second kappa shape index (κ2) is 10.9. The summed E-state index contributed by atoms with van der Waals surface area (Å²) in [5.74, 6) is 0.755. The molecule has 1 atom stereocenters. The molecule has 1 heterocycles. The SMILES string of the molecule is COc1ccc(C(CNC(=O)COc2ccc(F)cc2)N2CCCC2)cc1.Cl. The molecule has 1 amide bonds. The Morgan fingerprint density at radius 2 is 1.68 bits per heavy atom. The van der Waals surface area contributed by atoms with E-state index in [0.717, 1.165) is 24.4 Å². The van der Waals surface area contributed by atoms with Gasteiger partial charge in [-0.25, -0.2) is 4.39 Å². The number of hydrogen-bond donors (Lipinski definition) is 1. The highest BCUT2D eigenvalue weighted by atomic mass is 35.5. The van der Waals surface area contributed by atoms with E-state index in [1.54, 1.807) is 7.11 Å². The lowest BCUT2D eigenvalue weighted by atomic mass is 10.1. The zero-order valence-electron chi connectivity index (χ0n) is 15.9. The van der Waals surface area contributed by atoms with E-state index in [1.807, 2.05) is 24.3 Å². The van der Waals surface area contributed by atoms with E-state index in [4.69, 9.17) is 9.47 Å². The third kappa shape index (κ3) is 6.11. The molecule has 3 rings (SSSR count). The molecule has 0 bridgehead atoms. The molecule has 0 saturated carbocycles. The van der Waals surface area contributed by atoms with E-state index in [-0.39, 0.29) is 36.8 Å². The molecular weight excluding hydrogens is 383 g/mol. The summed E-state index contributed by atoms with van der Waals surface area (Å²) in [5.41, 5.74) is 1.15. The molecule has 1 aliphatic rings. The number of nitrogens with zero attached hydrogens (tertiary/aromatic N) is 1. The first-order valence-corrected chi connectivity index (χ1v) is 9.19. The molecule has 1 aliphatic heterocycles. The molecule has 1 unspecified atom stereocenters. The molecule has 1 fully saturated rings. The van der Waals surface area contributed by atoms with Gasteiger partial charge < -0.3 is 14.8 Å². The molecule has 0 spiro atoms. The smallest absolute Gasteiger partial charge is 0.258 e. The molecule has 0 aromatic heterocycles. The van der Waals surface area contributed by atoms with Crippen molar-refractivity contribution in [1.29, 1.82) is 0 Å². The number of nitrogens with one attached hydrogen (secondary N) is 1. The number of hydrogen-bond acceptors (Lipinski definition) is 4. The average molecular weight is 409 g/mol. The molecule has 0 radical (unpaired) electrons. The minimum atomic E-state index is -0.334. The van der Waals surface area contributed by atoms with Crippen LogP contribution in [0.25, 0.3) is 0 Å².